The van der Waals surface area contributed by atoms with Crippen molar-refractivity contribution in [2.45, 2.75) is 6.92 Å². The van der Waals surface area contributed by atoms with Crippen molar-refractivity contribution in [3.05, 3.63) is 71.6 Å². The van der Waals surface area contributed by atoms with Gasteiger partial charge >= 0.3 is 0 Å². The molecule has 0 atom stereocenters. The van der Waals surface area contributed by atoms with Gasteiger partial charge in [-0.2, -0.15) is 0 Å². The molecule has 28 heavy (non-hydrogen) atoms. The van der Waals surface area contributed by atoms with Crippen LogP contribution in [-0.2, 0) is 0 Å². The number of anilines is 1. The van der Waals surface area contributed by atoms with Gasteiger partial charge in [0, 0.05) is 0 Å². The van der Waals surface area contributed by atoms with Gasteiger partial charge in [-0.1, -0.05) is 47.2 Å². The highest BCUT2D eigenvalue weighted by molar-refractivity contribution is 7.19. The normalized spacial score (nSPS) is 10.8. The number of nitrogens with one attached hydrogen (secondary N) is 1. The second kappa shape index (κ2) is 7.28. The number of nitrogens with zero attached hydrogens (tertiary/aromatic N) is 3. The number of benzene rings is 2. The van der Waals surface area contributed by atoms with Gasteiger partial charge in [0.05, 0.1) is 4.88 Å². The molecule has 140 valence electrons. The molecule has 4 aromatic rings. The Morgan fingerprint density at radius 3 is 2.57 bits per heavy atom. The van der Waals surface area contributed by atoms with Crippen molar-refractivity contribution >= 4 is 22.4 Å². The number of hydrogen-bond acceptors (Lipinski definition) is 6. The molecule has 2 aromatic heterocycles. The van der Waals surface area contributed by atoms with E-state index in [1.807, 2.05) is 31.2 Å². The van der Waals surface area contributed by atoms with E-state index in [9.17, 15) is 13.6 Å². The summed E-state index contributed by atoms with van der Waals surface area (Å²) < 4.78 is 33.0. The predicted molar refractivity (Wildman–Crippen MR) is 99.9 cm³/mol. The second-order valence-electron chi connectivity index (χ2n) is 5.86. The van der Waals surface area contributed by atoms with Gasteiger partial charge in [0.1, 0.15) is 22.9 Å². The zero-order chi connectivity index (χ0) is 19.7. The quantitative estimate of drug-likeness (QED) is 0.539. The molecule has 1 N–H and O–H groups in total. The van der Waals surface area contributed by atoms with E-state index in [4.69, 9.17) is 4.42 Å². The van der Waals surface area contributed by atoms with Crippen molar-refractivity contribution < 1.29 is 18.0 Å². The van der Waals surface area contributed by atoms with Crippen molar-refractivity contribution in [2.75, 3.05) is 5.32 Å². The first-order valence-electron chi connectivity index (χ1n) is 8.12. The van der Waals surface area contributed by atoms with Crippen LogP contribution in [0.3, 0.4) is 0 Å². The van der Waals surface area contributed by atoms with E-state index >= 15 is 0 Å². The molecule has 6 nitrogen and oxygen atoms in total. The Labute approximate surface area is 161 Å². The van der Waals surface area contributed by atoms with Gasteiger partial charge in [0.2, 0.25) is 6.39 Å². The molecule has 0 aliphatic heterocycles. The molecule has 2 heterocycles. The minimum Gasteiger partial charge on any atom is -0.422 e. The van der Waals surface area contributed by atoms with Gasteiger partial charge in [-0.25, -0.2) is 13.8 Å². The molecule has 0 spiro atoms. The maximum atomic E-state index is 13.9. The Bertz CT molecular complexity index is 1140. The molecule has 0 saturated heterocycles. The number of aromatic nitrogens is 3. The van der Waals surface area contributed by atoms with E-state index in [0.717, 1.165) is 34.6 Å². The zero-order valence-electron chi connectivity index (χ0n) is 14.4. The lowest BCUT2D eigenvalue weighted by Crippen LogP contribution is -2.15. The molecular weight excluding hydrogens is 386 g/mol. The number of carbonyl (C=O) groups is 1. The van der Waals surface area contributed by atoms with Crippen LogP contribution in [0.15, 0.2) is 53.3 Å². The lowest BCUT2D eigenvalue weighted by Gasteiger charge is -2.04. The Kier molecular flexibility index (Phi) is 4.66. The Morgan fingerprint density at radius 1 is 1.14 bits per heavy atom. The van der Waals surface area contributed by atoms with Crippen molar-refractivity contribution in [3.63, 3.8) is 0 Å². The smallest absolute Gasteiger partial charge is 0.267 e. The molecule has 1 amide bonds. The van der Waals surface area contributed by atoms with E-state index in [1.54, 1.807) is 0 Å². The largest absolute Gasteiger partial charge is 0.422 e. The number of rotatable bonds is 4. The maximum absolute atomic E-state index is 13.9. The fourth-order valence-corrected chi connectivity index (χ4v) is 3.60. The highest BCUT2D eigenvalue weighted by atomic mass is 32.1. The molecule has 0 aliphatic rings. The summed E-state index contributed by atoms with van der Waals surface area (Å²) in [6.07, 6.45) is 1.17. The molecule has 0 unspecified atom stereocenters. The highest BCUT2D eigenvalue weighted by Gasteiger charge is 2.22. The molecule has 9 heteroatoms. The molecule has 0 radical (unpaired) electrons. The SMILES string of the molecule is Cc1cccc(-c2sc(NC(=O)c3c(F)cccc3F)nc2-c2nnco2)c1. The zero-order valence-corrected chi connectivity index (χ0v) is 15.3. The fraction of sp³-hybridized carbons (Fsp3) is 0.0526. The van der Waals surface area contributed by atoms with Crippen LogP contribution >= 0.6 is 11.3 Å². The van der Waals surface area contributed by atoms with E-state index in [0.29, 0.717) is 10.6 Å². The van der Waals surface area contributed by atoms with Crippen LogP contribution in [0.25, 0.3) is 22.0 Å². The number of carbonyl (C=O) groups excluding carboxylic acids is 1. The molecule has 0 saturated carbocycles. The predicted octanol–water partition coefficient (Wildman–Crippen LogP) is 4.70. The molecular formula is C19H12F2N4O2S. The third-order valence-electron chi connectivity index (χ3n) is 3.88. The number of hydrogen-bond donors (Lipinski definition) is 1. The lowest BCUT2D eigenvalue weighted by atomic mass is 10.1. The Morgan fingerprint density at radius 2 is 1.89 bits per heavy atom. The third-order valence-corrected chi connectivity index (χ3v) is 4.90. The Balaban J connectivity index is 1.75. The minimum absolute atomic E-state index is 0.150. The van der Waals surface area contributed by atoms with Crippen LogP contribution in [0.5, 0.6) is 0 Å². The minimum atomic E-state index is -0.954. The van der Waals surface area contributed by atoms with Crippen LogP contribution in [0.2, 0.25) is 0 Å². The van der Waals surface area contributed by atoms with Crippen molar-refractivity contribution in [1.82, 2.24) is 15.2 Å². The van der Waals surface area contributed by atoms with Crippen molar-refractivity contribution in [1.29, 1.82) is 0 Å². The maximum Gasteiger partial charge on any atom is 0.267 e. The van der Waals surface area contributed by atoms with Crippen LogP contribution < -0.4 is 5.32 Å². The average Bonchev–Trinajstić information content (AvgIpc) is 3.31. The topological polar surface area (TPSA) is 80.9 Å². The highest BCUT2D eigenvalue weighted by Crippen LogP contribution is 2.38. The molecule has 4 rings (SSSR count). The summed E-state index contributed by atoms with van der Waals surface area (Å²) in [7, 11) is 0. The van der Waals surface area contributed by atoms with Gasteiger partial charge < -0.3 is 4.42 Å². The number of halogens is 2. The van der Waals surface area contributed by atoms with Gasteiger partial charge in [-0.3, -0.25) is 10.1 Å². The van der Waals surface area contributed by atoms with Gasteiger partial charge in [-0.15, -0.1) is 10.2 Å². The molecule has 0 aliphatic carbocycles. The Hall–Kier alpha value is -3.46. The summed E-state index contributed by atoms with van der Waals surface area (Å²) in [6.45, 7) is 1.94. The first kappa shape index (κ1) is 17.9. The molecule has 0 bridgehead atoms. The van der Waals surface area contributed by atoms with Gasteiger partial charge in [-0.05, 0) is 24.6 Å². The number of amides is 1. The van der Waals surface area contributed by atoms with Crippen molar-refractivity contribution in [3.8, 4) is 22.0 Å². The van der Waals surface area contributed by atoms with Crippen LogP contribution in [-0.4, -0.2) is 21.1 Å². The van der Waals surface area contributed by atoms with Crippen LogP contribution in [0, 0.1) is 18.6 Å². The number of thiazole rings is 1. The standard InChI is InChI=1S/C19H12F2N4O2S/c1-10-4-2-5-11(8-10)16-15(18-25-22-9-27-18)23-19(28-16)24-17(26)14-12(20)6-3-7-13(14)21/h2-9H,1H3,(H,23,24,26). The van der Waals surface area contributed by atoms with E-state index < -0.39 is 23.1 Å². The van der Waals surface area contributed by atoms with Crippen LogP contribution in [0.1, 0.15) is 15.9 Å². The third kappa shape index (κ3) is 3.39. The summed E-state index contributed by atoms with van der Waals surface area (Å²) in [4.78, 5) is 17.4. The van der Waals surface area contributed by atoms with Gasteiger partial charge in [0.25, 0.3) is 11.8 Å². The van der Waals surface area contributed by atoms with Crippen molar-refractivity contribution in [2.24, 2.45) is 0 Å². The van der Waals surface area contributed by atoms with E-state index in [-0.39, 0.29) is 11.0 Å². The van der Waals surface area contributed by atoms with E-state index in [1.165, 1.54) is 12.5 Å². The van der Waals surface area contributed by atoms with Gasteiger partial charge in [0.15, 0.2) is 5.13 Å². The average molecular weight is 398 g/mol. The summed E-state index contributed by atoms with van der Waals surface area (Å²) in [5.41, 5.74) is 1.57. The summed E-state index contributed by atoms with van der Waals surface area (Å²) >= 11 is 1.14. The first-order chi connectivity index (χ1) is 13.5. The van der Waals surface area contributed by atoms with Crippen LogP contribution in [0.4, 0.5) is 13.9 Å². The molecule has 2 aromatic carbocycles. The summed E-state index contributed by atoms with van der Waals surface area (Å²) in [5, 5.41) is 10.1. The number of aryl methyl sites for hydroxylation is 1. The monoisotopic (exact) mass is 398 g/mol. The second-order valence-corrected chi connectivity index (χ2v) is 6.86. The van der Waals surface area contributed by atoms with E-state index in [2.05, 4.69) is 20.5 Å². The first-order valence-corrected chi connectivity index (χ1v) is 8.94. The summed E-state index contributed by atoms with van der Waals surface area (Å²) in [5.74, 6) is -2.67. The summed E-state index contributed by atoms with van der Waals surface area (Å²) in [6, 6.07) is 10.9. The molecule has 0 fully saturated rings. The lowest BCUT2D eigenvalue weighted by molar-refractivity contribution is 0.101. The fourth-order valence-electron chi connectivity index (χ4n) is 2.65.